The third-order valence-corrected chi connectivity index (χ3v) is 3.39. The lowest BCUT2D eigenvalue weighted by molar-refractivity contribution is 0.292. The van der Waals surface area contributed by atoms with Gasteiger partial charge in [-0.1, -0.05) is 17.7 Å². The highest BCUT2D eigenvalue weighted by Gasteiger charge is 2.07. The quantitative estimate of drug-likeness (QED) is 0.785. The summed E-state index contributed by atoms with van der Waals surface area (Å²) in [6, 6.07) is 4.31. The maximum atomic E-state index is 13.3. The molecule has 0 saturated carbocycles. The van der Waals surface area contributed by atoms with Crippen LogP contribution in [0.1, 0.15) is 19.3 Å². The van der Waals surface area contributed by atoms with Gasteiger partial charge in [0.2, 0.25) is 10.0 Å². The Morgan fingerprint density at radius 1 is 1.28 bits per heavy atom. The predicted molar refractivity (Wildman–Crippen MR) is 68.7 cm³/mol. The summed E-state index contributed by atoms with van der Waals surface area (Å²) in [5, 5.41) is 5.08. The Kier molecular flexibility index (Phi) is 5.84. The van der Waals surface area contributed by atoms with E-state index in [4.69, 9.17) is 21.5 Å². The largest absolute Gasteiger partial charge is 0.489 e. The van der Waals surface area contributed by atoms with Gasteiger partial charge in [0.1, 0.15) is 0 Å². The summed E-state index contributed by atoms with van der Waals surface area (Å²) in [6.45, 7) is 0.283. The minimum absolute atomic E-state index is 0.0330. The third kappa shape index (κ3) is 5.66. The van der Waals surface area contributed by atoms with Gasteiger partial charge in [-0.05, 0) is 31.4 Å². The first-order valence-corrected chi connectivity index (χ1v) is 7.57. The molecular weight excluding hydrogens is 281 g/mol. The lowest BCUT2D eigenvalue weighted by atomic mass is 10.2. The van der Waals surface area contributed by atoms with Gasteiger partial charge in [-0.3, -0.25) is 0 Å². The summed E-state index contributed by atoms with van der Waals surface area (Å²) in [6.07, 6.45) is 1.72. The molecule has 0 aliphatic heterocycles. The van der Waals surface area contributed by atoms with E-state index in [-0.39, 0.29) is 23.1 Å². The first-order valence-electron chi connectivity index (χ1n) is 5.47. The fourth-order valence-electron chi connectivity index (χ4n) is 1.38. The predicted octanol–water partition coefficient (Wildman–Crippen LogP) is 2.32. The number of primary sulfonamides is 1. The minimum atomic E-state index is -3.40. The lowest BCUT2D eigenvalue weighted by Gasteiger charge is -2.08. The van der Waals surface area contributed by atoms with Crippen molar-refractivity contribution in [3.8, 4) is 5.75 Å². The van der Waals surface area contributed by atoms with E-state index in [2.05, 4.69) is 0 Å². The molecule has 0 heterocycles. The number of hydrogen-bond donors (Lipinski definition) is 1. The average molecular weight is 296 g/mol. The number of unbranched alkanes of at least 4 members (excludes halogenated alkanes) is 2. The van der Waals surface area contributed by atoms with E-state index in [1.54, 1.807) is 6.07 Å². The second kappa shape index (κ2) is 6.92. The van der Waals surface area contributed by atoms with Crippen LogP contribution < -0.4 is 9.88 Å². The van der Waals surface area contributed by atoms with Crippen molar-refractivity contribution in [1.82, 2.24) is 0 Å². The second-order valence-corrected chi connectivity index (χ2v) is 5.97. The SMILES string of the molecule is NS(=O)(=O)CCCCCOc1c(F)cccc1Cl. The summed E-state index contributed by atoms with van der Waals surface area (Å²) in [7, 11) is -3.40. The fourth-order valence-corrected chi connectivity index (χ4v) is 2.20. The average Bonchev–Trinajstić information content (AvgIpc) is 2.25. The number of benzene rings is 1. The highest BCUT2D eigenvalue weighted by atomic mass is 35.5. The van der Waals surface area contributed by atoms with E-state index in [0.717, 1.165) is 0 Å². The van der Waals surface area contributed by atoms with Crippen LogP contribution in [0.15, 0.2) is 18.2 Å². The van der Waals surface area contributed by atoms with Gasteiger partial charge in [-0.25, -0.2) is 17.9 Å². The standard InChI is InChI=1S/C11H15ClFNO3S/c12-9-5-4-6-10(13)11(9)17-7-2-1-3-8-18(14,15)16/h4-6H,1-3,7-8H2,(H2,14,15,16). The molecule has 102 valence electrons. The van der Waals surface area contributed by atoms with Gasteiger partial charge in [0.25, 0.3) is 0 Å². The van der Waals surface area contributed by atoms with Crippen molar-refractivity contribution in [1.29, 1.82) is 0 Å². The molecule has 1 rings (SSSR count). The number of para-hydroxylation sites is 1. The minimum Gasteiger partial charge on any atom is -0.489 e. The molecule has 4 nitrogen and oxygen atoms in total. The van der Waals surface area contributed by atoms with Gasteiger partial charge >= 0.3 is 0 Å². The van der Waals surface area contributed by atoms with Crippen molar-refractivity contribution < 1.29 is 17.5 Å². The van der Waals surface area contributed by atoms with Crippen LogP contribution in [0.5, 0.6) is 5.75 Å². The molecule has 2 N–H and O–H groups in total. The first-order chi connectivity index (χ1) is 8.40. The van der Waals surface area contributed by atoms with Crippen LogP contribution in [0.2, 0.25) is 5.02 Å². The monoisotopic (exact) mass is 295 g/mol. The van der Waals surface area contributed by atoms with E-state index in [0.29, 0.717) is 19.3 Å². The molecule has 0 fully saturated rings. The lowest BCUT2D eigenvalue weighted by Crippen LogP contribution is -2.16. The van der Waals surface area contributed by atoms with Crippen molar-refractivity contribution in [3.63, 3.8) is 0 Å². The Hall–Kier alpha value is -0.850. The van der Waals surface area contributed by atoms with Crippen LogP contribution in [0.25, 0.3) is 0 Å². The summed E-state index contributed by atoms with van der Waals surface area (Å²) in [5.74, 6) is -0.523. The zero-order valence-corrected chi connectivity index (χ0v) is 11.3. The van der Waals surface area contributed by atoms with E-state index in [1.807, 2.05) is 0 Å². The Morgan fingerprint density at radius 2 is 2.00 bits per heavy atom. The number of rotatable bonds is 7. The van der Waals surface area contributed by atoms with Crippen LogP contribution in [0.4, 0.5) is 4.39 Å². The molecule has 18 heavy (non-hydrogen) atoms. The van der Waals surface area contributed by atoms with Crippen LogP contribution in [0, 0.1) is 5.82 Å². The molecule has 0 saturated heterocycles. The third-order valence-electron chi connectivity index (χ3n) is 2.24. The molecule has 0 aliphatic carbocycles. The van der Waals surface area contributed by atoms with E-state index in [1.165, 1.54) is 12.1 Å². The van der Waals surface area contributed by atoms with Crippen LogP contribution in [0.3, 0.4) is 0 Å². The Balaban J connectivity index is 2.26. The van der Waals surface area contributed by atoms with Crippen molar-refractivity contribution >= 4 is 21.6 Å². The molecule has 0 spiro atoms. The van der Waals surface area contributed by atoms with E-state index < -0.39 is 15.8 Å². The Morgan fingerprint density at radius 3 is 2.61 bits per heavy atom. The number of hydrogen-bond acceptors (Lipinski definition) is 3. The van der Waals surface area contributed by atoms with Gasteiger partial charge in [0.05, 0.1) is 17.4 Å². The summed E-state index contributed by atoms with van der Waals surface area (Å²) < 4.78 is 39.8. The summed E-state index contributed by atoms with van der Waals surface area (Å²) in [5.41, 5.74) is 0. The van der Waals surface area contributed by atoms with Crippen LogP contribution >= 0.6 is 11.6 Å². The number of sulfonamides is 1. The molecule has 0 unspecified atom stereocenters. The van der Waals surface area contributed by atoms with Crippen molar-refractivity contribution in [2.75, 3.05) is 12.4 Å². The van der Waals surface area contributed by atoms with Crippen molar-refractivity contribution in [2.24, 2.45) is 5.14 Å². The first kappa shape index (κ1) is 15.2. The summed E-state index contributed by atoms with van der Waals surface area (Å²) in [4.78, 5) is 0. The van der Waals surface area contributed by atoms with Gasteiger partial charge in [0, 0.05) is 0 Å². The van der Waals surface area contributed by atoms with Crippen molar-refractivity contribution in [3.05, 3.63) is 29.0 Å². The maximum Gasteiger partial charge on any atom is 0.209 e. The highest BCUT2D eigenvalue weighted by Crippen LogP contribution is 2.27. The molecule has 0 aromatic heterocycles. The molecule has 1 aromatic carbocycles. The van der Waals surface area contributed by atoms with Crippen molar-refractivity contribution in [2.45, 2.75) is 19.3 Å². The normalized spacial score (nSPS) is 11.5. The molecule has 0 amide bonds. The zero-order valence-electron chi connectivity index (χ0n) is 9.73. The Labute approximate surface area is 111 Å². The topological polar surface area (TPSA) is 69.4 Å². The highest BCUT2D eigenvalue weighted by molar-refractivity contribution is 7.89. The van der Waals surface area contributed by atoms with Gasteiger partial charge < -0.3 is 4.74 Å². The maximum absolute atomic E-state index is 13.3. The zero-order chi connectivity index (χ0) is 13.6. The molecule has 0 aliphatic rings. The van der Waals surface area contributed by atoms with E-state index >= 15 is 0 Å². The second-order valence-electron chi connectivity index (χ2n) is 3.83. The van der Waals surface area contributed by atoms with E-state index in [9.17, 15) is 12.8 Å². The molecule has 0 radical (unpaired) electrons. The smallest absolute Gasteiger partial charge is 0.209 e. The van der Waals surface area contributed by atoms with Crippen LogP contribution in [-0.4, -0.2) is 20.8 Å². The Bertz CT molecular complexity index is 473. The molecule has 0 bridgehead atoms. The number of halogens is 2. The molecule has 1 aromatic rings. The van der Waals surface area contributed by atoms with Gasteiger partial charge in [-0.15, -0.1) is 0 Å². The van der Waals surface area contributed by atoms with Gasteiger partial charge in [0.15, 0.2) is 11.6 Å². The number of ether oxygens (including phenoxy) is 1. The number of nitrogens with two attached hydrogens (primary N) is 1. The molecular formula is C11H15ClFNO3S. The molecule has 0 atom stereocenters. The van der Waals surface area contributed by atoms with Crippen LogP contribution in [-0.2, 0) is 10.0 Å². The molecule has 7 heteroatoms. The van der Waals surface area contributed by atoms with Gasteiger partial charge in [-0.2, -0.15) is 0 Å². The fraction of sp³-hybridized carbons (Fsp3) is 0.455. The summed E-state index contributed by atoms with van der Waals surface area (Å²) >= 11 is 5.77.